The number of nitrogens with one attached hydrogen (secondary N) is 3. The number of aromatic amines is 1. The van der Waals surface area contributed by atoms with Crippen LogP contribution in [0.5, 0.6) is 11.5 Å². The molecule has 2 aromatic heterocycles. The van der Waals surface area contributed by atoms with Crippen LogP contribution in [-0.2, 0) is 14.8 Å². The van der Waals surface area contributed by atoms with Crippen LogP contribution < -0.4 is 14.8 Å². The van der Waals surface area contributed by atoms with E-state index in [2.05, 4.69) is 60.1 Å². The van der Waals surface area contributed by atoms with Crippen molar-refractivity contribution in [1.29, 1.82) is 0 Å². The van der Waals surface area contributed by atoms with E-state index in [1.54, 1.807) is 30.6 Å². The second-order valence-corrected chi connectivity index (χ2v) is 19.5. The summed E-state index contributed by atoms with van der Waals surface area (Å²) in [4.78, 5) is 37.9. The molecule has 3 N–H and O–H groups in total. The molecule has 0 spiro atoms. The number of ether oxygens (including phenoxy) is 2. The zero-order chi connectivity index (χ0) is 43.1. The summed E-state index contributed by atoms with van der Waals surface area (Å²) in [5.74, 6) is 0.630. The Bertz CT molecular complexity index is 2670. The first-order chi connectivity index (χ1) is 30.7. The predicted octanol–water partition coefficient (Wildman–Crippen LogP) is 8.56. The average Bonchev–Trinajstić information content (AvgIpc) is 3.81. The molecule has 63 heavy (non-hydrogen) atoms. The number of nitrogens with zero attached hydrogens (tertiary/aromatic N) is 4. The lowest BCUT2D eigenvalue weighted by atomic mass is 9.88. The summed E-state index contributed by atoms with van der Waals surface area (Å²) in [6.45, 7) is 5.04. The number of aromatic nitrogens is 2. The molecule has 3 saturated heterocycles. The quantitative estimate of drug-likeness (QED) is 0.0721. The maximum Gasteiger partial charge on any atom is 0.293 e. The van der Waals surface area contributed by atoms with Gasteiger partial charge in [0, 0.05) is 36.3 Å². The van der Waals surface area contributed by atoms with Gasteiger partial charge < -0.3 is 19.8 Å². The van der Waals surface area contributed by atoms with Crippen LogP contribution in [-0.4, -0.2) is 90.5 Å². The number of carbonyl (C=O) groups is 1. The second kappa shape index (κ2) is 17.5. The van der Waals surface area contributed by atoms with Gasteiger partial charge in [-0.3, -0.25) is 24.7 Å². The Morgan fingerprint density at radius 1 is 0.937 bits per heavy atom. The van der Waals surface area contributed by atoms with Gasteiger partial charge in [-0.05, 0) is 148 Å². The summed E-state index contributed by atoms with van der Waals surface area (Å²) in [5.41, 5.74) is 5.55. The first kappa shape index (κ1) is 41.4. The number of likely N-dealkylation sites (tertiary alicyclic amines) is 2. The number of rotatable bonds is 14. The molecule has 328 valence electrons. The molecule has 15 heteroatoms. The molecule has 1 saturated carbocycles. The molecule has 14 nitrogen and oxygen atoms in total. The fourth-order valence-corrected chi connectivity index (χ4v) is 11.0. The van der Waals surface area contributed by atoms with E-state index in [1.807, 2.05) is 12.1 Å². The number of H-pyrrole nitrogens is 1. The van der Waals surface area contributed by atoms with Crippen molar-refractivity contribution in [2.75, 3.05) is 44.7 Å². The minimum atomic E-state index is -4.55. The Hall–Kier alpha value is -5.61. The van der Waals surface area contributed by atoms with Gasteiger partial charge in [0.2, 0.25) is 0 Å². The molecule has 2 aliphatic carbocycles. The molecule has 3 aromatic carbocycles. The van der Waals surface area contributed by atoms with E-state index >= 15 is 0 Å². The van der Waals surface area contributed by atoms with E-state index in [4.69, 9.17) is 9.47 Å². The summed E-state index contributed by atoms with van der Waals surface area (Å²) in [5, 5.41) is 16.2. The third-order valence-corrected chi connectivity index (χ3v) is 15.1. The van der Waals surface area contributed by atoms with Crippen molar-refractivity contribution in [3.05, 3.63) is 124 Å². The van der Waals surface area contributed by atoms with Gasteiger partial charge in [-0.15, -0.1) is 0 Å². The highest BCUT2D eigenvalue weighted by molar-refractivity contribution is 7.90. The van der Waals surface area contributed by atoms with Gasteiger partial charge >= 0.3 is 0 Å². The summed E-state index contributed by atoms with van der Waals surface area (Å²) in [6, 6.07) is 22.9. The van der Waals surface area contributed by atoms with Crippen molar-refractivity contribution < 1.29 is 27.6 Å². The smallest absolute Gasteiger partial charge is 0.293 e. The molecule has 4 fully saturated rings. The fraction of sp³-hybridized carbons (Fsp3) is 0.417. The lowest BCUT2D eigenvalue weighted by Crippen LogP contribution is -2.52. The normalized spacial score (nSPS) is 21.5. The number of carbonyl (C=O) groups excluding carboxylic acids is 1. The van der Waals surface area contributed by atoms with E-state index in [9.17, 15) is 23.3 Å². The van der Waals surface area contributed by atoms with Gasteiger partial charge in [-0.25, -0.2) is 18.1 Å². The van der Waals surface area contributed by atoms with Crippen LogP contribution in [0.3, 0.4) is 0 Å². The number of sulfonamides is 1. The molecule has 5 aliphatic rings. The first-order valence-electron chi connectivity index (χ1n) is 22.4. The largest absolute Gasteiger partial charge is 0.455 e. The van der Waals surface area contributed by atoms with E-state index in [0.717, 1.165) is 87.5 Å². The van der Waals surface area contributed by atoms with Gasteiger partial charge in [0.25, 0.3) is 21.6 Å². The molecule has 10 rings (SSSR count). The van der Waals surface area contributed by atoms with Gasteiger partial charge in [0.15, 0.2) is 0 Å². The minimum Gasteiger partial charge on any atom is -0.455 e. The molecule has 0 bridgehead atoms. The third kappa shape index (κ3) is 8.84. The van der Waals surface area contributed by atoms with E-state index in [-0.39, 0.29) is 22.7 Å². The van der Waals surface area contributed by atoms with Crippen LogP contribution in [0.2, 0.25) is 0 Å². The van der Waals surface area contributed by atoms with Crippen molar-refractivity contribution in [2.24, 2.45) is 5.92 Å². The van der Waals surface area contributed by atoms with Gasteiger partial charge in [0.1, 0.15) is 22.8 Å². The molecule has 3 aliphatic heterocycles. The topological polar surface area (TPSA) is 172 Å². The number of amides is 1. The van der Waals surface area contributed by atoms with Gasteiger partial charge in [-0.1, -0.05) is 36.4 Å². The number of nitro groups is 1. The van der Waals surface area contributed by atoms with Gasteiger partial charge in [0.05, 0.1) is 40.8 Å². The van der Waals surface area contributed by atoms with Crippen molar-refractivity contribution in [2.45, 2.75) is 86.7 Å². The number of hydrogen-bond acceptors (Lipinski definition) is 11. The lowest BCUT2D eigenvalue weighted by Gasteiger charge is -2.41. The highest BCUT2D eigenvalue weighted by atomic mass is 32.2. The number of benzene rings is 3. The minimum absolute atomic E-state index is 0.0105. The molecule has 1 unspecified atom stereocenters. The zero-order valence-corrected chi connectivity index (χ0v) is 36.0. The maximum atomic E-state index is 14.0. The SMILES string of the molecule is O=C(NS(=O)(=O)c1ccc(NCC2CCN(C3COC3)CC2)c([N+](=O)[O-])c1)c1ccc(C2=CCC(N3CCC[C@H]3c3ccccc3C3CC3)CC2)cc1Oc1cnc2[nH]ccc2c1. The number of fused-ring (bicyclic) bond motifs is 1. The van der Waals surface area contributed by atoms with Crippen molar-refractivity contribution in [3.8, 4) is 11.5 Å². The van der Waals surface area contributed by atoms with Crippen molar-refractivity contribution in [1.82, 2.24) is 24.5 Å². The Kier molecular flexibility index (Phi) is 11.5. The van der Waals surface area contributed by atoms with Gasteiger partial charge in [-0.2, -0.15) is 0 Å². The number of hydrogen-bond donors (Lipinski definition) is 3. The molecular weight excluding hydrogens is 819 g/mol. The van der Waals surface area contributed by atoms with Crippen molar-refractivity contribution >= 4 is 43.9 Å². The molecule has 2 atom stereocenters. The summed E-state index contributed by atoms with van der Waals surface area (Å²) < 4.78 is 41.4. The van der Waals surface area contributed by atoms with E-state index < -0.39 is 25.7 Å². The van der Waals surface area contributed by atoms with Crippen molar-refractivity contribution in [3.63, 3.8) is 0 Å². The van der Waals surface area contributed by atoms with Crippen LogP contribution in [0.4, 0.5) is 11.4 Å². The predicted molar refractivity (Wildman–Crippen MR) is 240 cm³/mol. The Labute approximate surface area is 367 Å². The van der Waals surface area contributed by atoms with Crippen LogP contribution in [0.15, 0.2) is 96.2 Å². The monoisotopic (exact) mass is 871 g/mol. The Balaban J connectivity index is 0.860. The fourth-order valence-electron chi connectivity index (χ4n) is 10.0. The summed E-state index contributed by atoms with van der Waals surface area (Å²) in [6.07, 6.45) is 15.2. The van der Waals surface area contributed by atoms with Crippen LogP contribution in [0.25, 0.3) is 16.6 Å². The standard InChI is InChI=1S/C48H53N7O7S/c56-48(52-63(59,60)39-14-16-43(45(26-39)55(57)58)50-27-31-18-22-53(23-19-31)37-29-61-30-37)42-15-11-34(25-46(42)62-38-24-35-17-20-49-47(35)51-28-38)32-9-12-36(13-10-32)54-21-3-6-44(54)41-5-2-1-4-40(41)33-7-8-33/h1-2,4-5,9,11,14-17,20,24-26,28,31,33,36-37,44,50H,3,6-8,10,12-13,18-19,21-23,27,29-30H2,(H,49,51)(H,52,56)/t36?,44-/m0/s1. The number of anilines is 1. The van der Waals surface area contributed by atoms with Crippen LogP contribution in [0, 0.1) is 16.0 Å². The van der Waals surface area contributed by atoms with Crippen LogP contribution >= 0.6 is 0 Å². The third-order valence-electron chi connectivity index (χ3n) is 13.8. The number of pyridine rings is 1. The molecule has 1 amide bonds. The lowest BCUT2D eigenvalue weighted by molar-refractivity contribution is -0.384. The highest BCUT2D eigenvalue weighted by Gasteiger charge is 2.37. The second-order valence-electron chi connectivity index (χ2n) is 17.8. The Morgan fingerprint density at radius 3 is 2.51 bits per heavy atom. The number of allylic oxidation sites excluding steroid dienone is 1. The average molecular weight is 872 g/mol. The molecule has 5 heterocycles. The molecular formula is C48H53N7O7S. The van der Waals surface area contributed by atoms with E-state index in [0.29, 0.717) is 47.9 Å². The molecule has 0 radical (unpaired) electrons. The van der Waals surface area contributed by atoms with E-state index in [1.165, 1.54) is 48.9 Å². The summed E-state index contributed by atoms with van der Waals surface area (Å²) in [7, 11) is -4.55. The number of piperidine rings is 1. The molecule has 5 aromatic rings. The van der Waals surface area contributed by atoms with Crippen LogP contribution in [0.1, 0.15) is 96.8 Å². The first-order valence-corrected chi connectivity index (χ1v) is 23.9. The zero-order valence-electron chi connectivity index (χ0n) is 35.2. The highest BCUT2D eigenvalue weighted by Crippen LogP contribution is 2.47. The summed E-state index contributed by atoms with van der Waals surface area (Å²) >= 11 is 0. The Morgan fingerprint density at radius 2 is 1.76 bits per heavy atom. The maximum absolute atomic E-state index is 14.0. The number of nitro benzene ring substituents is 1.